The maximum absolute atomic E-state index is 4.73. The normalized spacial score (nSPS) is 18.3. The van der Waals surface area contributed by atoms with E-state index in [0.717, 1.165) is 42.1 Å². The summed E-state index contributed by atoms with van der Waals surface area (Å²) in [5, 5.41) is 8.79. The van der Waals surface area contributed by atoms with Gasteiger partial charge in [-0.2, -0.15) is 10.2 Å². The van der Waals surface area contributed by atoms with E-state index >= 15 is 0 Å². The van der Waals surface area contributed by atoms with Crippen LogP contribution in [-0.2, 0) is 13.1 Å². The zero-order valence-corrected chi connectivity index (χ0v) is 12.7. The molecule has 114 valence electrons. The van der Waals surface area contributed by atoms with E-state index in [-0.39, 0.29) is 0 Å². The highest BCUT2D eigenvalue weighted by Gasteiger charge is 2.16. The number of H-pyrrole nitrogens is 1. The molecule has 0 spiro atoms. The molecule has 0 saturated heterocycles. The van der Waals surface area contributed by atoms with Crippen LogP contribution in [0.15, 0.2) is 30.7 Å². The average molecular weight is 296 g/mol. The molecule has 1 N–H and O–H groups in total. The highest BCUT2D eigenvalue weighted by Crippen LogP contribution is 2.23. The Hall–Kier alpha value is -2.37. The molecule has 0 bridgehead atoms. The van der Waals surface area contributed by atoms with Crippen LogP contribution in [0.5, 0.6) is 0 Å². The zero-order chi connectivity index (χ0) is 14.9. The number of nitrogens with one attached hydrogen (secondary N) is 1. The predicted octanol–water partition coefficient (Wildman–Crippen LogP) is 3.00. The van der Waals surface area contributed by atoms with Crippen LogP contribution in [0.25, 0.3) is 22.6 Å². The minimum absolute atomic E-state index is 0.663. The molecule has 6 heteroatoms. The summed E-state index contributed by atoms with van der Waals surface area (Å²) in [6.45, 7) is 3.88. The lowest BCUT2D eigenvalue weighted by Gasteiger charge is -2.17. The Morgan fingerprint density at radius 1 is 1.27 bits per heavy atom. The van der Waals surface area contributed by atoms with Gasteiger partial charge in [-0.25, -0.2) is 9.67 Å². The van der Waals surface area contributed by atoms with Crippen LogP contribution < -0.4 is 0 Å². The molecule has 3 aromatic heterocycles. The number of imidazole rings is 1. The minimum Gasteiger partial charge on any atom is -0.335 e. The standard InChI is InChI=1S/C16H20N6/c1-2-21-11-13(8-17-21)15-19-14-9-18-22(16(14)20-15)10-12-6-4-3-5-7-12/h3-4,8-9,11-12H,2,5-7,10H2,1H3,(H,19,20). The highest BCUT2D eigenvalue weighted by atomic mass is 15.3. The van der Waals surface area contributed by atoms with Crippen LogP contribution in [0.2, 0.25) is 0 Å². The Morgan fingerprint density at radius 2 is 2.23 bits per heavy atom. The highest BCUT2D eigenvalue weighted by molar-refractivity contribution is 5.75. The van der Waals surface area contributed by atoms with Gasteiger partial charge in [-0.05, 0) is 32.1 Å². The Kier molecular flexibility index (Phi) is 3.29. The third-order valence-corrected chi connectivity index (χ3v) is 4.32. The quantitative estimate of drug-likeness (QED) is 0.753. The number of fused-ring (bicyclic) bond motifs is 1. The van der Waals surface area contributed by atoms with Crippen LogP contribution in [0.3, 0.4) is 0 Å². The smallest absolute Gasteiger partial charge is 0.176 e. The third kappa shape index (κ3) is 2.34. The van der Waals surface area contributed by atoms with Crippen molar-refractivity contribution in [3.8, 4) is 11.4 Å². The lowest BCUT2D eigenvalue weighted by atomic mass is 9.94. The van der Waals surface area contributed by atoms with Gasteiger partial charge in [-0.3, -0.25) is 4.68 Å². The first-order valence-corrected chi connectivity index (χ1v) is 7.93. The van der Waals surface area contributed by atoms with E-state index in [0.29, 0.717) is 5.92 Å². The van der Waals surface area contributed by atoms with E-state index in [1.54, 1.807) is 0 Å². The lowest BCUT2D eigenvalue weighted by molar-refractivity contribution is 0.395. The Bertz CT molecular complexity index is 806. The molecule has 1 aliphatic carbocycles. The van der Waals surface area contributed by atoms with Crippen LogP contribution in [-0.4, -0.2) is 29.5 Å². The zero-order valence-electron chi connectivity index (χ0n) is 12.7. The van der Waals surface area contributed by atoms with Crippen molar-refractivity contribution in [2.75, 3.05) is 0 Å². The number of aromatic amines is 1. The fourth-order valence-electron chi connectivity index (χ4n) is 3.04. The Morgan fingerprint density at radius 3 is 3.00 bits per heavy atom. The minimum atomic E-state index is 0.663. The summed E-state index contributed by atoms with van der Waals surface area (Å²) in [5.74, 6) is 1.53. The fraction of sp³-hybridized carbons (Fsp3) is 0.438. The summed E-state index contributed by atoms with van der Waals surface area (Å²) >= 11 is 0. The summed E-state index contributed by atoms with van der Waals surface area (Å²) < 4.78 is 3.94. The monoisotopic (exact) mass is 296 g/mol. The lowest BCUT2D eigenvalue weighted by Crippen LogP contribution is -2.13. The van der Waals surface area contributed by atoms with E-state index in [2.05, 4.69) is 34.3 Å². The molecule has 3 aromatic rings. The van der Waals surface area contributed by atoms with Crippen molar-refractivity contribution in [2.24, 2.45) is 5.92 Å². The van der Waals surface area contributed by atoms with E-state index in [1.165, 1.54) is 12.8 Å². The second kappa shape index (κ2) is 5.44. The molecule has 4 rings (SSSR count). The van der Waals surface area contributed by atoms with Gasteiger partial charge < -0.3 is 4.98 Å². The van der Waals surface area contributed by atoms with Crippen LogP contribution >= 0.6 is 0 Å². The second-order valence-corrected chi connectivity index (χ2v) is 5.88. The summed E-state index contributed by atoms with van der Waals surface area (Å²) in [6, 6.07) is 0. The summed E-state index contributed by atoms with van der Waals surface area (Å²) in [6.07, 6.45) is 13.8. The van der Waals surface area contributed by atoms with E-state index in [4.69, 9.17) is 4.98 Å². The molecule has 1 unspecified atom stereocenters. The number of allylic oxidation sites excluding steroid dienone is 2. The molecule has 0 fully saturated rings. The molecule has 3 heterocycles. The molecule has 1 aliphatic rings. The number of aryl methyl sites for hydroxylation is 1. The maximum Gasteiger partial charge on any atom is 0.176 e. The molecule has 1 atom stereocenters. The first-order valence-electron chi connectivity index (χ1n) is 7.93. The molecule has 0 aliphatic heterocycles. The Balaban J connectivity index is 1.62. The van der Waals surface area contributed by atoms with Crippen LogP contribution in [0, 0.1) is 5.92 Å². The molecule has 0 saturated carbocycles. The fourth-order valence-corrected chi connectivity index (χ4v) is 3.04. The number of rotatable bonds is 4. The number of hydrogen-bond donors (Lipinski definition) is 1. The second-order valence-electron chi connectivity index (χ2n) is 5.88. The van der Waals surface area contributed by atoms with Gasteiger partial charge >= 0.3 is 0 Å². The average Bonchev–Trinajstić information content (AvgIpc) is 3.24. The van der Waals surface area contributed by atoms with E-state index < -0.39 is 0 Å². The van der Waals surface area contributed by atoms with Crippen molar-refractivity contribution in [1.82, 2.24) is 29.5 Å². The number of hydrogen-bond acceptors (Lipinski definition) is 3. The number of nitrogens with zero attached hydrogens (tertiary/aromatic N) is 5. The van der Waals surface area contributed by atoms with Crippen molar-refractivity contribution >= 4 is 11.2 Å². The molecular formula is C16H20N6. The molecule has 22 heavy (non-hydrogen) atoms. The summed E-state index contributed by atoms with van der Waals surface area (Å²) in [7, 11) is 0. The van der Waals surface area contributed by atoms with Gasteiger partial charge in [0.2, 0.25) is 0 Å². The van der Waals surface area contributed by atoms with Crippen molar-refractivity contribution in [3.05, 3.63) is 30.7 Å². The van der Waals surface area contributed by atoms with Gasteiger partial charge in [0.25, 0.3) is 0 Å². The topological polar surface area (TPSA) is 64.3 Å². The van der Waals surface area contributed by atoms with Gasteiger partial charge in [0, 0.05) is 19.3 Å². The molecule has 0 amide bonds. The third-order valence-electron chi connectivity index (χ3n) is 4.32. The van der Waals surface area contributed by atoms with Gasteiger partial charge in [-0.15, -0.1) is 0 Å². The van der Waals surface area contributed by atoms with Crippen LogP contribution in [0.1, 0.15) is 26.2 Å². The van der Waals surface area contributed by atoms with E-state index in [1.807, 2.05) is 28.0 Å². The number of aromatic nitrogens is 6. The van der Waals surface area contributed by atoms with Crippen LogP contribution in [0.4, 0.5) is 0 Å². The first kappa shape index (κ1) is 13.3. The van der Waals surface area contributed by atoms with Gasteiger partial charge in [0.05, 0.1) is 18.0 Å². The maximum atomic E-state index is 4.73. The molecule has 0 radical (unpaired) electrons. The molecule has 6 nitrogen and oxygen atoms in total. The van der Waals surface area contributed by atoms with Gasteiger partial charge in [0.1, 0.15) is 11.3 Å². The molecular weight excluding hydrogens is 276 g/mol. The van der Waals surface area contributed by atoms with Gasteiger partial charge in [0.15, 0.2) is 5.65 Å². The van der Waals surface area contributed by atoms with Gasteiger partial charge in [-0.1, -0.05) is 12.2 Å². The SMILES string of the molecule is CCn1cc(-c2nc3c(cnn3CC3CC=CCC3)[nH]2)cn1. The van der Waals surface area contributed by atoms with Crippen molar-refractivity contribution in [3.63, 3.8) is 0 Å². The van der Waals surface area contributed by atoms with Crippen molar-refractivity contribution < 1.29 is 0 Å². The molecule has 0 aromatic carbocycles. The first-order chi connectivity index (χ1) is 10.8. The summed E-state index contributed by atoms with van der Waals surface area (Å²) in [4.78, 5) is 8.07. The summed E-state index contributed by atoms with van der Waals surface area (Å²) in [5.41, 5.74) is 2.95. The van der Waals surface area contributed by atoms with E-state index in [9.17, 15) is 0 Å². The largest absolute Gasteiger partial charge is 0.335 e. The van der Waals surface area contributed by atoms with Crippen molar-refractivity contribution in [1.29, 1.82) is 0 Å². The van der Waals surface area contributed by atoms with Crippen molar-refractivity contribution in [2.45, 2.75) is 39.3 Å². The predicted molar refractivity (Wildman–Crippen MR) is 85.3 cm³/mol. The Labute approximate surface area is 128 Å².